The molecule has 2 aromatic carbocycles. The summed E-state index contributed by atoms with van der Waals surface area (Å²) >= 11 is 0. The van der Waals surface area contributed by atoms with Gasteiger partial charge < -0.3 is 28.4 Å². The van der Waals surface area contributed by atoms with Crippen molar-refractivity contribution in [1.82, 2.24) is 0 Å². The smallest absolute Gasteiger partial charge is 0.310 e. The highest BCUT2D eigenvalue weighted by Crippen LogP contribution is 2.55. The van der Waals surface area contributed by atoms with E-state index in [2.05, 4.69) is 0 Å². The number of rotatable bonds is 2. The predicted molar refractivity (Wildman–Crippen MR) is 95.2 cm³/mol. The number of esters is 1. The van der Waals surface area contributed by atoms with Gasteiger partial charge in [0, 0.05) is 17.4 Å². The largest absolute Gasteiger partial charge is 0.492 e. The summed E-state index contributed by atoms with van der Waals surface area (Å²) in [6.07, 6.45) is 0.701. The maximum absolute atomic E-state index is 12.7. The molecule has 1 fully saturated rings. The summed E-state index contributed by atoms with van der Waals surface area (Å²) in [4.78, 5) is 12.7. The molecule has 0 amide bonds. The number of carbonyl (C=O) groups is 1. The van der Waals surface area contributed by atoms with Crippen molar-refractivity contribution in [1.29, 1.82) is 0 Å². The fourth-order valence-corrected chi connectivity index (χ4v) is 4.90. The van der Waals surface area contributed by atoms with E-state index in [9.17, 15) is 4.79 Å². The van der Waals surface area contributed by atoms with Crippen LogP contribution in [0.2, 0.25) is 0 Å². The Kier molecular flexibility index (Phi) is 3.24. The number of ether oxygens (including phenoxy) is 6. The van der Waals surface area contributed by atoms with Crippen LogP contribution >= 0.6 is 0 Å². The summed E-state index contributed by atoms with van der Waals surface area (Å²) in [7, 11) is 1.63. The number of hydrogen-bond acceptors (Lipinski definition) is 7. The fraction of sp³-hybridized carbons (Fsp3) is 0.381. The predicted octanol–water partition coefficient (Wildman–Crippen LogP) is 2.63. The Hall–Kier alpha value is -3.09. The highest BCUT2D eigenvalue weighted by atomic mass is 16.7. The van der Waals surface area contributed by atoms with Crippen LogP contribution in [-0.4, -0.2) is 33.3 Å². The zero-order chi connectivity index (χ0) is 18.8. The first-order valence-corrected chi connectivity index (χ1v) is 9.30. The highest BCUT2D eigenvalue weighted by molar-refractivity contribution is 5.79. The van der Waals surface area contributed by atoms with Gasteiger partial charge in [-0.15, -0.1) is 0 Å². The second-order valence-corrected chi connectivity index (χ2v) is 7.42. The molecule has 4 aliphatic rings. The molecule has 0 radical (unpaired) electrons. The van der Waals surface area contributed by atoms with Crippen LogP contribution in [0.1, 0.15) is 22.6 Å². The first-order valence-electron chi connectivity index (χ1n) is 9.30. The van der Waals surface area contributed by atoms with Crippen molar-refractivity contribution >= 4 is 5.97 Å². The highest BCUT2D eigenvalue weighted by Gasteiger charge is 2.49. The maximum atomic E-state index is 12.7. The minimum absolute atomic E-state index is 0.0877. The molecule has 3 aliphatic heterocycles. The van der Waals surface area contributed by atoms with Crippen molar-refractivity contribution in [3.05, 3.63) is 41.0 Å². The number of fused-ring (bicyclic) bond motifs is 4. The van der Waals surface area contributed by atoms with E-state index in [4.69, 9.17) is 28.4 Å². The summed E-state index contributed by atoms with van der Waals surface area (Å²) in [6, 6.07) is 7.83. The van der Waals surface area contributed by atoms with Crippen LogP contribution in [0.15, 0.2) is 24.3 Å². The summed E-state index contributed by atoms with van der Waals surface area (Å²) < 4.78 is 33.5. The third kappa shape index (κ3) is 2.07. The van der Waals surface area contributed by atoms with Gasteiger partial charge in [-0.05, 0) is 35.7 Å². The van der Waals surface area contributed by atoms with E-state index in [1.165, 1.54) is 0 Å². The van der Waals surface area contributed by atoms with Crippen molar-refractivity contribution in [2.45, 2.75) is 12.3 Å². The van der Waals surface area contributed by atoms with Crippen molar-refractivity contribution in [2.24, 2.45) is 11.8 Å². The molecule has 7 heteroatoms. The van der Waals surface area contributed by atoms with Gasteiger partial charge in [0.15, 0.2) is 23.0 Å². The van der Waals surface area contributed by atoms with Gasteiger partial charge in [0.05, 0.1) is 19.6 Å². The van der Waals surface area contributed by atoms with Gasteiger partial charge in [-0.2, -0.15) is 0 Å². The van der Waals surface area contributed by atoms with Crippen LogP contribution in [0.25, 0.3) is 0 Å². The second kappa shape index (κ2) is 5.70. The SMILES string of the molecule is COc1c2c(cc3c1OCO3)[C@@H](c1ccc3c(c1)OCO3)[C@@H]1C(=O)OC[C@@H]1C2. The quantitative estimate of drug-likeness (QED) is 0.740. The van der Waals surface area contributed by atoms with Crippen LogP contribution in [0, 0.1) is 11.8 Å². The molecule has 0 unspecified atom stereocenters. The lowest BCUT2D eigenvalue weighted by molar-refractivity contribution is -0.141. The van der Waals surface area contributed by atoms with Crippen LogP contribution < -0.4 is 23.7 Å². The Labute approximate surface area is 161 Å². The van der Waals surface area contributed by atoms with Crippen molar-refractivity contribution in [2.75, 3.05) is 27.3 Å². The molecule has 3 heterocycles. The zero-order valence-electron chi connectivity index (χ0n) is 15.2. The van der Waals surface area contributed by atoms with Gasteiger partial charge in [-0.1, -0.05) is 6.07 Å². The molecule has 0 aromatic heterocycles. The van der Waals surface area contributed by atoms with Gasteiger partial charge in [0.2, 0.25) is 19.3 Å². The van der Waals surface area contributed by atoms with E-state index in [-0.39, 0.29) is 37.3 Å². The summed E-state index contributed by atoms with van der Waals surface area (Å²) in [5, 5.41) is 0. The first kappa shape index (κ1) is 15.9. The standard InChI is InChI=1S/C21H18O7/c1-23-19-13-4-11-7-24-21(22)18(11)17(12(13)6-16-20(19)28-9-27-16)10-2-3-14-15(5-10)26-8-25-14/h2-3,5-6,11,17-18H,4,7-9H2,1H3/t11-,17+,18+/m0/s1. The number of carbonyl (C=O) groups excluding carboxylic acids is 1. The van der Waals surface area contributed by atoms with E-state index in [0.29, 0.717) is 41.8 Å². The van der Waals surface area contributed by atoms with Crippen LogP contribution in [0.4, 0.5) is 0 Å². The lowest BCUT2D eigenvalue weighted by atomic mass is 9.67. The van der Waals surface area contributed by atoms with Gasteiger partial charge in [-0.3, -0.25) is 4.79 Å². The molecular weight excluding hydrogens is 364 g/mol. The molecule has 144 valence electrons. The molecule has 3 atom stereocenters. The molecule has 0 N–H and O–H groups in total. The molecule has 0 spiro atoms. The monoisotopic (exact) mass is 382 g/mol. The van der Waals surface area contributed by atoms with Crippen molar-refractivity contribution < 1.29 is 33.2 Å². The van der Waals surface area contributed by atoms with E-state index >= 15 is 0 Å². The third-order valence-electron chi connectivity index (χ3n) is 6.10. The topological polar surface area (TPSA) is 72.5 Å². The number of cyclic esters (lactones) is 1. The molecular formula is C21H18O7. The van der Waals surface area contributed by atoms with Crippen LogP contribution in [-0.2, 0) is 16.0 Å². The minimum atomic E-state index is -0.252. The lowest BCUT2D eigenvalue weighted by Gasteiger charge is -2.34. The Bertz CT molecular complexity index is 999. The molecule has 2 aromatic rings. The molecule has 6 rings (SSSR count). The lowest BCUT2D eigenvalue weighted by Crippen LogP contribution is -2.31. The number of methoxy groups -OCH3 is 1. The number of hydrogen-bond donors (Lipinski definition) is 0. The van der Waals surface area contributed by atoms with Gasteiger partial charge in [0.25, 0.3) is 0 Å². The minimum Gasteiger partial charge on any atom is -0.492 e. The Morgan fingerprint density at radius 1 is 0.964 bits per heavy atom. The normalized spacial score (nSPS) is 25.9. The molecule has 1 aliphatic carbocycles. The second-order valence-electron chi connectivity index (χ2n) is 7.42. The summed E-state index contributed by atoms with van der Waals surface area (Å²) in [5.74, 6) is 2.88. The number of benzene rings is 2. The molecule has 1 saturated heterocycles. The molecule has 0 bridgehead atoms. The molecule has 0 saturated carbocycles. The van der Waals surface area contributed by atoms with Crippen molar-refractivity contribution in [3.63, 3.8) is 0 Å². The van der Waals surface area contributed by atoms with Gasteiger partial charge in [-0.25, -0.2) is 0 Å². The van der Waals surface area contributed by atoms with Gasteiger partial charge >= 0.3 is 5.97 Å². The van der Waals surface area contributed by atoms with E-state index < -0.39 is 0 Å². The third-order valence-corrected chi connectivity index (χ3v) is 6.10. The fourth-order valence-electron chi connectivity index (χ4n) is 4.90. The average Bonchev–Trinajstić information content (AvgIpc) is 3.44. The van der Waals surface area contributed by atoms with Crippen LogP contribution in [0.5, 0.6) is 28.7 Å². The Balaban J connectivity index is 1.58. The van der Waals surface area contributed by atoms with E-state index in [1.807, 2.05) is 24.3 Å². The average molecular weight is 382 g/mol. The molecule has 28 heavy (non-hydrogen) atoms. The summed E-state index contributed by atoms with van der Waals surface area (Å²) in [6.45, 7) is 0.792. The first-order chi connectivity index (χ1) is 13.7. The van der Waals surface area contributed by atoms with E-state index in [1.54, 1.807) is 7.11 Å². The Morgan fingerprint density at radius 2 is 1.79 bits per heavy atom. The molecule has 7 nitrogen and oxygen atoms in total. The summed E-state index contributed by atoms with van der Waals surface area (Å²) in [5.41, 5.74) is 3.05. The maximum Gasteiger partial charge on any atom is 0.310 e. The Morgan fingerprint density at radius 3 is 2.68 bits per heavy atom. The zero-order valence-corrected chi connectivity index (χ0v) is 15.2. The van der Waals surface area contributed by atoms with Gasteiger partial charge in [0.1, 0.15) is 0 Å². The van der Waals surface area contributed by atoms with Crippen molar-refractivity contribution in [3.8, 4) is 28.7 Å². The van der Waals surface area contributed by atoms with Crippen LogP contribution in [0.3, 0.4) is 0 Å². The van der Waals surface area contributed by atoms with E-state index in [0.717, 1.165) is 16.7 Å².